The van der Waals surface area contributed by atoms with Crippen molar-refractivity contribution in [2.24, 2.45) is 0 Å². The number of carbonyl (C=O) groups is 2. The summed E-state index contributed by atoms with van der Waals surface area (Å²) in [5.74, 6) is 1.13. The normalized spacial score (nSPS) is 10.6. The third kappa shape index (κ3) is 6.50. The Kier molecular flexibility index (Phi) is 8.03. The number of likely N-dealkylation sites (N-methyl/N-ethyl adjacent to an activating group) is 1. The first kappa shape index (κ1) is 22.2. The monoisotopic (exact) mass is 399 g/mol. The number of carbonyl (C=O) groups excluding carboxylic acids is 2. The Morgan fingerprint density at radius 1 is 0.966 bits per heavy atom. The van der Waals surface area contributed by atoms with Gasteiger partial charge in [-0.1, -0.05) is 6.92 Å². The maximum atomic E-state index is 12.5. The second-order valence-corrected chi connectivity index (χ2v) is 6.74. The lowest BCUT2D eigenvalue weighted by molar-refractivity contribution is -0.117. The van der Waals surface area contributed by atoms with E-state index < -0.39 is 0 Å². The topological polar surface area (TPSA) is 79.9 Å². The summed E-state index contributed by atoms with van der Waals surface area (Å²) in [6.45, 7) is 7.10. The van der Waals surface area contributed by atoms with Crippen molar-refractivity contribution in [2.45, 2.75) is 27.3 Å². The molecule has 0 heterocycles. The van der Waals surface area contributed by atoms with Crippen molar-refractivity contribution in [3.63, 3.8) is 0 Å². The second kappa shape index (κ2) is 10.5. The molecule has 0 fully saturated rings. The Balaban J connectivity index is 2.00. The van der Waals surface area contributed by atoms with Crippen LogP contribution in [-0.2, 0) is 16.1 Å². The van der Waals surface area contributed by atoms with Gasteiger partial charge in [0, 0.05) is 24.8 Å². The van der Waals surface area contributed by atoms with Crippen LogP contribution in [-0.4, -0.2) is 44.0 Å². The third-order valence-corrected chi connectivity index (χ3v) is 4.54. The summed E-state index contributed by atoms with van der Waals surface area (Å²) in [5, 5.41) is 5.59. The van der Waals surface area contributed by atoms with Crippen LogP contribution in [0.1, 0.15) is 25.0 Å². The molecule has 0 saturated heterocycles. The van der Waals surface area contributed by atoms with Crippen molar-refractivity contribution in [3.8, 4) is 11.5 Å². The Hall–Kier alpha value is -3.06. The minimum atomic E-state index is -0.133. The fraction of sp³-hybridized carbons (Fsp3) is 0.364. The van der Waals surface area contributed by atoms with Crippen LogP contribution in [0.4, 0.5) is 11.4 Å². The van der Waals surface area contributed by atoms with Crippen LogP contribution in [0, 0.1) is 6.92 Å². The second-order valence-electron chi connectivity index (χ2n) is 6.74. The molecule has 2 aromatic rings. The molecule has 156 valence electrons. The number of methoxy groups -OCH3 is 2. The fourth-order valence-corrected chi connectivity index (χ4v) is 2.96. The number of amides is 2. The van der Waals surface area contributed by atoms with E-state index in [0.29, 0.717) is 29.4 Å². The highest BCUT2D eigenvalue weighted by Crippen LogP contribution is 2.30. The Morgan fingerprint density at radius 2 is 1.52 bits per heavy atom. The van der Waals surface area contributed by atoms with Crippen LogP contribution in [0.2, 0.25) is 0 Å². The van der Waals surface area contributed by atoms with Gasteiger partial charge in [-0.2, -0.15) is 0 Å². The number of benzene rings is 2. The van der Waals surface area contributed by atoms with Crippen LogP contribution in [0.25, 0.3) is 0 Å². The smallest absolute Gasteiger partial charge is 0.238 e. The molecule has 0 aliphatic rings. The largest absolute Gasteiger partial charge is 0.493 e. The zero-order chi connectivity index (χ0) is 21.4. The Morgan fingerprint density at radius 3 is 2.03 bits per heavy atom. The predicted octanol–water partition coefficient (Wildman–Crippen LogP) is 3.43. The van der Waals surface area contributed by atoms with Crippen LogP contribution in [0.5, 0.6) is 11.5 Å². The van der Waals surface area contributed by atoms with Crippen molar-refractivity contribution < 1.29 is 19.1 Å². The molecule has 2 aromatic carbocycles. The maximum Gasteiger partial charge on any atom is 0.238 e. The molecule has 0 unspecified atom stereocenters. The van der Waals surface area contributed by atoms with Gasteiger partial charge in [0.15, 0.2) is 11.5 Å². The van der Waals surface area contributed by atoms with Crippen molar-refractivity contribution in [2.75, 3.05) is 37.9 Å². The summed E-state index contributed by atoms with van der Waals surface area (Å²) in [7, 11) is 3.22. The number of aryl methyl sites for hydroxylation is 1. The Labute approximate surface area is 172 Å². The minimum Gasteiger partial charge on any atom is -0.493 e. The lowest BCUT2D eigenvalue weighted by Crippen LogP contribution is -2.33. The van der Waals surface area contributed by atoms with Crippen molar-refractivity contribution in [1.29, 1.82) is 0 Å². The molecule has 2 rings (SSSR count). The molecule has 0 aliphatic carbocycles. The lowest BCUT2D eigenvalue weighted by atomic mass is 10.1. The summed E-state index contributed by atoms with van der Waals surface area (Å²) in [6.07, 6.45) is 0. The van der Waals surface area contributed by atoms with Gasteiger partial charge in [-0.15, -0.1) is 0 Å². The summed E-state index contributed by atoms with van der Waals surface area (Å²) >= 11 is 0. The molecule has 2 amide bonds. The van der Waals surface area contributed by atoms with Crippen LogP contribution < -0.4 is 20.1 Å². The SMILES string of the molecule is CCN(CC(=O)Nc1ccc(NC(C)=O)cc1)Cc1cc(OC)c(OC)cc1C. The van der Waals surface area contributed by atoms with E-state index in [1.165, 1.54) is 6.92 Å². The number of anilines is 2. The highest BCUT2D eigenvalue weighted by atomic mass is 16.5. The average Bonchev–Trinajstić information content (AvgIpc) is 2.69. The van der Waals surface area contributed by atoms with Gasteiger partial charge < -0.3 is 20.1 Å². The van der Waals surface area contributed by atoms with Gasteiger partial charge >= 0.3 is 0 Å². The molecular formula is C22H29N3O4. The number of ether oxygens (including phenoxy) is 2. The molecule has 7 heteroatoms. The molecule has 29 heavy (non-hydrogen) atoms. The number of nitrogens with zero attached hydrogens (tertiary/aromatic N) is 1. The van der Waals surface area contributed by atoms with Gasteiger partial charge in [0.05, 0.1) is 20.8 Å². The lowest BCUT2D eigenvalue weighted by Gasteiger charge is -2.22. The third-order valence-electron chi connectivity index (χ3n) is 4.54. The number of hydrogen-bond donors (Lipinski definition) is 2. The van der Waals surface area contributed by atoms with Crippen LogP contribution >= 0.6 is 0 Å². The molecule has 7 nitrogen and oxygen atoms in total. The van der Waals surface area contributed by atoms with E-state index in [2.05, 4.69) is 15.5 Å². The standard InChI is InChI=1S/C22H29N3O4/c1-6-25(13-17-12-21(29-5)20(28-4)11-15(17)2)14-22(27)24-19-9-7-18(8-10-19)23-16(3)26/h7-12H,6,13-14H2,1-5H3,(H,23,26)(H,24,27). The number of nitrogens with one attached hydrogen (secondary N) is 2. The van der Waals surface area contributed by atoms with E-state index in [0.717, 1.165) is 17.7 Å². The van der Waals surface area contributed by atoms with Crippen LogP contribution in [0.3, 0.4) is 0 Å². The van der Waals surface area contributed by atoms with Crippen molar-refractivity contribution in [1.82, 2.24) is 4.90 Å². The molecule has 0 saturated carbocycles. The van der Waals surface area contributed by atoms with Gasteiger partial charge in [-0.3, -0.25) is 14.5 Å². The van der Waals surface area contributed by atoms with Crippen molar-refractivity contribution >= 4 is 23.2 Å². The highest BCUT2D eigenvalue weighted by Gasteiger charge is 2.14. The fourth-order valence-electron chi connectivity index (χ4n) is 2.96. The van der Waals surface area contributed by atoms with Crippen molar-refractivity contribution in [3.05, 3.63) is 47.5 Å². The van der Waals surface area contributed by atoms with E-state index in [1.54, 1.807) is 38.5 Å². The first-order valence-corrected chi connectivity index (χ1v) is 9.47. The van der Waals surface area contributed by atoms with Gasteiger partial charge in [0.25, 0.3) is 0 Å². The summed E-state index contributed by atoms with van der Waals surface area (Å²) in [5.41, 5.74) is 3.53. The zero-order valence-corrected chi connectivity index (χ0v) is 17.7. The van der Waals surface area contributed by atoms with E-state index in [-0.39, 0.29) is 18.4 Å². The first-order valence-electron chi connectivity index (χ1n) is 9.47. The minimum absolute atomic E-state index is 0.0998. The molecule has 0 bridgehead atoms. The highest BCUT2D eigenvalue weighted by molar-refractivity contribution is 5.93. The van der Waals surface area contributed by atoms with E-state index in [9.17, 15) is 9.59 Å². The summed E-state index contributed by atoms with van der Waals surface area (Å²) in [6, 6.07) is 10.9. The van der Waals surface area contributed by atoms with E-state index >= 15 is 0 Å². The molecule has 2 N–H and O–H groups in total. The molecule has 0 atom stereocenters. The van der Waals surface area contributed by atoms with Gasteiger partial charge in [-0.05, 0) is 61.0 Å². The average molecular weight is 399 g/mol. The molecule has 0 radical (unpaired) electrons. The van der Waals surface area contributed by atoms with Gasteiger partial charge in [0.1, 0.15) is 0 Å². The Bertz CT molecular complexity index is 850. The van der Waals surface area contributed by atoms with Crippen LogP contribution in [0.15, 0.2) is 36.4 Å². The van der Waals surface area contributed by atoms with E-state index in [4.69, 9.17) is 9.47 Å². The molecule has 0 spiro atoms. The quantitative estimate of drug-likeness (QED) is 0.675. The first-order chi connectivity index (χ1) is 13.9. The predicted molar refractivity (Wildman–Crippen MR) is 115 cm³/mol. The van der Waals surface area contributed by atoms with E-state index in [1.807, 2.05) is 26.0 Å². The molecule has 0 aromatic heterocycles. The zero-order valence-electron chi connectivity index (χ0n) is 17.7. The summed E-state index contributed by atoms with van der Waals surface area (Å²) in [4.78, 5) is 25.6. The number of hydrogen-bond acceptors (Lipinski definition) is 5. The van der Waals surface area contributed by atoms with Gasteiger partial charge in [0.2, 0.25) is 11.8 Å². The maximum absolute atomic E-state index is 12.5. The van der Waals surface area contributed by atoms with Gasteiger partial charge in [-0.25, -0.2) is 0 Å². The number of rotatable bonds is 9. The molecular weight excluding hydrogens is 370 g/mol. The summed E-state index contributed by atoms with van der Waals surface area (Å²) < 4.78 is 10.7. The molecule has 0 aliphatic heterocycles.